The van der Waals surface area contributed by atoms with Crippen molar-refractivity contribution in [3.63, 3.8) is 0 Å². The topological polar surface area (TPSA) is 50.9 Å². The Labute approximate surface area is 102 Å². The van der Waals surface area contributed by atoms with E-state index in [4.69, 9.17) is 5.73 Å². The standard InChI is InChI=1S/C14H19N3/c1-2-11(15)7-9-16-14-8-10-17-13-6-4-3-5-12(13)14/h3-6,8,10-11H,2,7,9,15H2,1H3,(H,16,17). The molecule has 3 heteroatoms. The van der Waals surface area contributed by atoms with Gasteiger partial charge in [-0.25, -0.2) is 0 Å². The van der Waals surface area contributed by atoms with Gasteiger partial charge in [-0.2, -0.15) is 0 Å². The number of hydrogen-bond acceptors (Lipinski definition) is 3. The van der Waals surface area contributed by atoms with Crippen LogP contribution in [-0.2, 0) is 0 Å². The normalized spacial score (nSPS) is 12.6. The summed E-state index contributed by atoms with van der Waals surface area (Å²) in [6.07, 6.45) is 3.86. The van der Waals surface area contributed by atoms with Crippen LogP contribution < -0.4 is 11.1 Å². The summed E-state index contributed by atoms with van der Waals surface area (Å²) in [4.78, 5) is 4.34. The summed E-state index contributed by atoms with van der Waals surface area (Å²) in [6, 6.07) is 10.5. The van der Waals surface area contributed by atoms with Crippen LogP contribution in [0.3, 0.4) is 0 Å². The van der Waals surface area contributed by atoms with E-state index in [9.17, 15) is 0 Å². The zero-order valence-corrected chi connectivity index (χ0v) is 10.2. The fraction of sp³-hybridized carbons (Fsp3) is 0.357. The van der Waals surface area contributed by atoms with E-state index in [1.165, 1.54) is 5.39 Å². The number of anilines is 1. The predicted octanol–water partition coefficient (Wildman–Crippen LogP) is 2.77. The monoisotopic (exact) mass is 229 g/mol. The molecule has 1 aromatic carbocycles. The van der Waals surface area contributed by atoms with E-state index in [0.717, 1.165) is 30.6 Å². The van der Waals surface area contributed by atoms with Crippen LogP contribution in [0, 0.1) is 0 Å². The molecule has 0 aliphatic heterocycles. The Kier molecular flexibility index (Phi) is 3.94. The zero-order valence-electron chi connectivity index (χ0n) is 10.2. The number of aromatic nitrogens is 1. The summed E-state index contributed by atoms with van der Waals surface area (Å²) in [5.41, 5.74) is 8.06. The molecule has 2 rings (SSSR count). The molecule has 17 heavy (non-hydrogen) atoms. The van der Waals surface area contributed by atoms with Crippen molar-refractivity contribution in [2.75, 3.05) is 11.9 Å². The first-order valence-electron chi connectivity index (χ1n) is 6.14. The highest BCUT2D eigenvalue weighted by Gasteiger charge is 2.02. The first kappa shape index (κ1) is 11.9. The number of fused-ring (bicyclic) bond motifs is 1. The van der Waals surface area contributed by atoms with E-state index in [0.29, 0.717) is 0 Å². The number of para-hydroxylation sites is 1. The molecule has 0 saturated carbocycles. The van der Waals surface area contributed by atoms with Gasteiger partial charge in [0, 0.05) is 29.9 Å². The number of hydrogen-bond donors (Lipinski definition) is 2. The van der Waals surface area contributed by atoms with Crippen LogP contribution in [-0.4, -0.2) is 17.6 Å². The Morgan fingerprint density at radius 1 is 1.29 bits per heavy atom. The van der Waals surface area contributed by atoms with Crippen molar-refractivity contribution in [2.45, 2.75) is 25.8 Å². The second kappa shape index (κ2) is 5.64. The molecule has 0 aliphatic rings. The lowest BCUT2D eigenvalue weighted by molar-refractivity contribution is 0.613. The van der Waals surface area contributed by atoms with Crippen LogP contribution in [0.2, 0.25) is 0 Å². The molecule has 2 aromatic rings. The second-order valence-electron chi connectivity index (χ2n) is 4.26. The number of benzene rings is 1. The highest BCUT2D eigenvalue weighted by Crippen LogP contribution is 2.20. The van der Waals surface area contributed by atoms with Crippen LogP contribution in [0.5, 0.6) is 0 Å². The molecule has 0 bridgehead atoms. The van der Waals surface area contributed by atoms with E-state index >= 15 is 0 Å². The van der Waals surface area contributed by atoms with Gasteiger partial charge in [-0.15, -0.1) is 0 Å². The van der Waals surface area contributed by atoms with Crippen LogP contribution in [0.4, 0.5) is 5.69 Å². The smallest absolute Gasteiger partial charge is 0.0722 e. The van der Waals surface area contributed by atoms with Crippen molar-refractivity contribution in [1.29, 1.82) is 0 Å². The van der Waals surface area contributed by atoms with E-state index < -0.39 is 0 Å². The van der Waals surface area contributed by atoms with Gasteiger partial charge in [0.2, 0.25) is 0 Å². The van der Waals surface area contributed by atoms with E-state index in [1.54, 1.807) is 0 Å². The summed E-state index contributed by atoms with van der Waals surface area (Å²) in [5, 5.41) is 4.60. The fourth-order valence-electron chi connectivity index (χ4n) is 1.85. The van der Waals surface area contributed by atoms with Gasteiger partial charge >= 0.3 is 0 Å². The molecule has 0 spiro atoms. The molecule has 3 N–H and O–H groups in total. The average Bonchev–Trinajstić information content (AvgIpc) is 2.39. The third-order valence-electron chi connectivity index (χ3n) is 3.00. The Balaban J connectivity index is 2.08. The first-order chi connectivity index (χ1) is 8.31. The Morgan fingerprint density at radius 2 is 2.12 bits per heavy atom. The third-order valence-corrected chi connectivity index (χ3v) is 3.00. The summed E-state index contributed by atoms with van der Waals surface area (Å²) in [7, 11) is 0. The summed E-state index contributed by atoms with van der Waals surface area (Å²) < 4.78 is 0. The van der Waals surface area contributed by atoms with Crippen molar-refractivity contribution in [3.05, 3.63) is 36.5 Å². The van der Waals surface area contributed by atoms with Crippen LogP contribution in [0.25, 0.3) is 10.9 Å². The molecular formula is C14H19N3. The van der Waals surface area contributed by atoms with Gasteiger partial charge in [-0.1, -0.05) is 25.1 Å². The quantitative estimate of drug-likeness (QED) is 0.829. The highest BCUT2D eigenvalue weighted by atomic mass is 14.9. The Hall–Kier alpha value is -1.61. The lowest BCUT2D eigenvalue weighted by Crippen LogP contribution is -2.22. The minimum absolute atomic E-state index is 0.288. The molecule has 0 aliphatic carbocycles. The maximum Gasteiger partial charge on any atom is 0.0722 e. The van der Waals surface area contributed by atoms with E-state index in [1.807, 2.05) is 30.5 Å². The maximum absolute atomic E-state index is 5.90. The molecule has 90 valence electrons. The Morgan fingerprint density at radius 3 is 2.94 bits per heavy atom. The Bertz CT molecular complexity index is 476. The SMILES string of the molecule is CCC(N)CCNc1ccnc2ccccc12. The van der Waals surface area contributed by atoms with Crippen molar-refractivity contribution in [1.82, 2.24) is 4.98 Å². The van der Waals surface area contributed by atoms with Gasteiger partial charge in [0.05, 0.1) is 5.52 Å². The van der Waals surface area contributed by atoms with Crippen molar-refractivity contribution >= 4 is 16.6 Å². The third kappa shape index (κ3) is 2.94. The minimum Gasteiger partial charge on any atom is -0.384 e. The van der Waals surface area contributed by atoms with E-state index in [-0.39, 0.29) is 6.04 Å². The van der Waals surface area contributed by atoms with Gasteiger partial charge in [0.25, 0.3) is 0 Å². The largest absolute Gasteiger partial charge is 0.384 e. The highest BCUT2D eigenvalue weighted by molar-refractivity contribution is 5.90. The average molecular weight is 229 g/mol. The second-order valence-corrected chi connectivity index (χ2v) is 4.26. The van der Waals surface area contributed by atoms with Crippen LogP contribution >= 0.6 is 0 Å². The molecule has 1 unspecified atom stereocenters. The molecule has 0 radical (unpaired) electrons. The van der Waals surface area contributed by atoms with Gasteiger partial charge in [-0.3, -0.25) is 4.98 Å². The lowest BCUT2D eigenvalue weighted by atomic mass is 10.1. The van der Waals surface area contributed by atoms with Crippen LogP contribution in [0.15, 0.2) is 36.5 Å². The molecule has 0 saturated heterocycles. The molecule has 1 heterocycles. The first-order valence-corrected chi connectivity index (χ1v) is 6.14. The number of pyridine rings is 1. The molecule has 1 aromatic heterocycles. The maximum atomic E-state index is 5.90. The number of nitrogens with zero attached hydrogens (tertiary/aromatic N) is 1. The van der Waals surface area contributed by atoms with E-state index in [2.05, 4.69) is 23.3 Å². The van der Waals surface area contributed by atoms with Crippen molar-refractivity contribution in [3.8, 4) is 0 Å². The van der Waals surface area contributed by atoms with Gasteiger partial charge < -0.3 is 11.1 Å². The minimum atomic E-state index is 0.288. The van der Waals surface area contributed by atoms with Crippen molar-refractivity contribution in [2.24, 2.45) is 5.73 Å². The van der Waals surface area contributed by atoms with Gasteiger partial charge in [-0.05, 0) is 25.0 Å². The summed E-state index contributed by atoms with van der Waals surface area (Å²) in [6.45, 7) is 3.02. The number of rotatable bonds is 5. The summed E-state index contributed by atoms with van der Waals surface area (Å²) in [5.74, 6) is 0. The molecule has 3 nitrogen and oxygen atoms in total. The number of nitrogens with one attached hydrogen (secondary N) is 1. The predicted molar refractivity (Wildman–Crippen MR) is 73.1 cm³/mol. The molecule has 0 amide bonds. The molecular weight excluding hydrogens is 210 g/mol. The molecule has 1 atom stereocenters. The lowest BCUT2D eigenvalue weighted by Gasteiger charge is -2.12. The zero-order chi connectivity index (χ0) is 12.1. The van der Waals surface area contributed by atoms with Crippen LogP contribution in [0.1, 0.15) is 19.8 Å². The van der Waals surface area contributed by atoms with Gasteiger partial charge in [0.1, 0.15) is 0 Å². The van der Waals surface area contributed by atoms with Gasteiger partial charge in [0.15, 0.2) is 0 Å². The molecule has 0 fully saturated rings. The fourth-order valence-corrected chi connectivity index (χ4v) is 1.85. The summed E-state index contributed by atoms with van der Waals surface area (Å²) >= 11 is 0. The van der Waals surface area contributed by atoms with Crippen molar-refractivity contribution < 1.29 is 0 Å². The number of nitrogens with two attached hydrogens (primary N) is 1.